The van der Waals surface area contributed by atoms with Gasteiger partial charge < -0.3 is 14.5 Å². The number of esters is 1. The molecule has 0 fully saturated rings. The van der Waals surface area contributed by atoms with E-state index in [0.29, 0.717) is 5.52 Å². The largest absolute Gasteiger partial charge is 0.469 e. The molecule has 1 N–H and O–H groups in total. The fourth-order valence-electron chi connectivity index (χ4n) is 2.25. The van der Waals surface area contributed by atoms with Gasteiger partial charge in [-0.2, -0.15) is 4.98 Å². The molecule has 0 spiro atoms. The summed E-state index contributed by atoms with van der Waals surface area (Å²) in [5, 5.41) is 3.02. The van der Waals surface area contributed by atoms with Crippen LogP contribution in [0.4, 0.5) is 16.1 Å². The Morgan fingerprint density at radius 3 is 2.83 bits per heavy atom. The predicted octanol–water partition coefficient (Wildman–Crippen LogP) is 3.73. The van der Waals surface area contributed by atoms with Gasteiger partial charge in [-0.1, -0.05) is 24.3 Å². The van der Waals surface area contributed by atoms with E-state index in [1.165, 1.54) is 13.2 Å². The van der Waals surface area contributed by atoms with E-state index in [4.69, 9.17) is 4.42 Å². The van der Waals surface area contributed by atoms with Gasteiger partial charge in [0.1, 0.15) is 5.52 Å². The minimum Gasteiger partial charge on any atom is -0.469 e. The van der Waals surface area contributed by atoms with Crippen molar-refractivity contribution < 1.29 is 18.3 Å². The van der Waals surface area contributed by atoms with Gasteiger partial charge in [-0.25, -0.2) is 4.39 Å². The fraction of sp³-hybridized carbons (Fsp3) is 0.176. The molecule has 3 aromatic rings. The number of nitrogens with one attached hydrogen (secondary N) is 1. The third kappa shape index (κ3) is 3.01. The maximum absolute atomic E-state index is 14.4. The number of anilines is 2. The number of carbonyl (C=O) groups is 1. The van der Waals surface area contributed by atoms with E-state index >= 15 is 0 Å². The van der Waals surface area contributed by atoms with E-state index in [1.54, 1.807) is 6.07 Å². The average Bonchev–Trinajstić information content (AvgIpc) is 2.96. The quantitative estimate of drug-likeness (QED) is 0.743. The maximum atomic E-state index is 14.4. The standard InChI is InChI=1S/C17H15FN2O3/c1-10-5-3-4-6-12(10)19-17-20-13-8-7-11(9-14(21)22-2)15(18)16(13)23-17/h3-8H,9H2,1-2H3,(H,19,20). The number of nitrogens with zero attached hydrogens (tertiary/aromatic N) is 1. The number of para-hydroxylation sites is 1. The lowest BCUT2D eigenvalue weighted by atomic mass is 10.1. The normalized spacial score (nSPS) is 10.7. The van der Waals surface area contributed by atoms with Crippen molar-refractivity contribution in [2.75, 3.05) is 12.4 Å². The minimum absolute atomic E-state index is 0.0162. The molecular formula is C17H15FN2O3. The van der Waals surface area contributed by atoms with Crippen LogP contribution in [-0.4, -0.2) is 18.1 Å². The summed E-state index contributed by atoms with van der Waals surface area (Å²) in [5.74, 6) is -1.11. The summed E-state index contributed by atoms with van der Waals surface area (Å²) >= 11 is 0. The minimum atomic E-state index is -0.599. The van der Waals surface area contributed by atoms with Crippen LogP contribution in [0.25, 0.3) is 11.1 Å². The van der Waals surface area contributed by atoms with Crippen molar-refractivity contribution in [3.8, 4) is 0 Å². The number of benzene rings is 2. The number of carbonyl (C=O) groups excluding carboxylic acids is 1. The van der Waals surface area contributed by atoms with E-state index in [2.05, 4.69) is 15.0 Å². The van der Waals surface area contributed by atoms with Gasteiger partial charge in [-0.15, -0.1) is 0 Å². The molecule has 0 aliphatic heterocycles. The Labute approximate surface area is 132 Å². The average molecular weight is 314 g/mol. The van der Waals surface area contributed by atoms with Crippen LogP contribution in [-0.2, 0) is 16.0 Å². The smallest absolute Gasteiger partial charge is 0.310 e. The number of fused-ring (bicyclic) bond motifs is 1. The number of rotatable bonds is 4. The molecule has 0 radical (unpaired) electrons. The molecule has 0 unspecified atom stereocenters. The maximum Gasteiger partial charge on any atom is 0.310 e. The number of aryl methyl sites for hydroxylation is 1. The molecule has 0 saturated heterocycles. The van der Waals surface area contributed by atoms with Gasteiger partial charge in [0.15, 0.2) is 11.4 Å². The van der Waals surface area contributed by atoms with Gasteiger partial charge in [0.2, 0.25) is 0 Å². The van der Waals surface area contributed by atoms with Crippen molar-refractivity contribution in [3.05, 3.63) is 53.3 Å². The molecule has 0 amide bonds. The van der Waals surface area contributed by atoms with Gasteiger partial charge in [-0.05, 0) is 24.6 Å². The van der Waals surface area contributed by atoms with Gasteiger partial charge in [0, 0.05) is 11.3 Å². The first-order chi connectivity index (χ1) is 11.1. The Morgan fingerprint density at radius 1 is 1.30 bits per heavy atom. The third-order valence-corrected chi connectivity index (χ3v) is 3.53. The van der Waals surface area contributed by atoms with Crippen molar-refractivity contribution in [1.29, 1.82) is 0 Å². The van der Waals surface area contributed by atoms with E-state index in [1.807, 2.05) is 31.2 Å². The third-order valence-electron chi connectivity index (χ3n) is 3.53. The van der Waals surface area contributed by atoms with Gasteiger partial charge in [0.05, 0.1) is 13.5 Å². The van der Waals surface area contributed by atoms with Crippen LogP contribution < -0.4 is 5.32 Å². The van der Waals surface area contributed by atoms with Crippen molar-refractivity contribution in [1.82, 2.24) is 4.98 Å². The second kappa shape index (κ2) is 6.08. The van der Waals surface area contributed by atoms with Crippen LogP contribution in [0.15, 0.2) is 40.8 Å². The Kier molecular flexibility index (Phi) is 3.97. The second-order valence-corrected chi connectivity index (χ2v) is 5.10. The molecule has 23 heavy (non-hydrogen) atoms. The lowest BCUT2D eigenvalue weighted by Crippen LogP contribution is -2.06. The van der Waals surface area contributed by atoms with Crippen molar-refractivity contribution in [2.45, 2.75) is 13.3 Å². The summed E-state index contributed by atoms with van der Waals surface area (Å²) in [4.78, 5) is 15.5. The van der Waals surface area contributed by atoms with Crippen molar-refractivity contribution in [3.63, 3.8) is 0 Å². The number of halogens is 1. The highest BCUT2D eigenvalue weighted by molar-refractivity contribution is 5.79. The highest BCUT2D eigenvalue weighted by atomic mass is 19.1. The summed E-state index contributed by atoms with van der Waals surface area (Å²) in [6, 6.07) is 10.9. The van der Waals surface area contributed by atoms with Crippen LogP contribution in [0.1, 0.15) is 11.1 Å². The zero-order valence-corrected chi connectivity index (χ0v) is 12.7. The van der Waals surface area contributed by atoms with Crippen LogP contribution in [0.2, 0.25) is 0 Å². The number of aromatic nitrogens is 1. The van der Waals surface area contributed by atoms with Crippen molar-refractivity contribution in [2.24, 2.45) is 0 Å². The molecule has 0 atom stereocenters. The van der Waals surface area contributed by atoms with E-state index in [-0.39, 0.29) is 23.6 Å². The molecule has 0 saturated carbocycles. The highest BCUT2D eigenvalue weighted by Gasteiger charge is 2.16. The summed E-state index contributed by atoms with van der Waals surface area (Å²) < 4.78 is 24.4. The van der Waals surface area contributed by atoms with Crippen LogP contribution in [0.5, 0.6) is 0 Å². The number of ether oxygens (including phenoxy) is 1. The van der Waals surface area contributed by atoms with E-state index in [9.17, 15) is 9.18 Å². The predicted molar refractivity (Wildman–Crippen MR) is 84.1 cm³/mol. The zero-order valence-electron chi connectivity index (χ0n) is 12.7. The molecule has 0 aliphatic rings. The fourth-order valence-corrected chi connectivity index (χ4v) is 2.25. The molecule has 3 rings (SSSR count). The SMILES string of the molecule is COC(=O)Cc1ccc2nc(Nc3ccccc3C)oc2c1F. The first-order valence-corrected chi connectivity index (χ1v) is 7.06. The molecule has 6 heteroatoms. The number of methoxy groups -OCH3 is 1. The van der Waals surface area contributed by atoms with E-state index < -0.39 is 11.8 Å². The van der Waals surface area contributed by atoms with Gasteiger partial charge >= 0.3 is 5.97 Å². The molecule has 2 aromatic carbocycles. The molecule has 0 bridgehead atoms. The lowest BCUT2D eigenvalue weighted by Gasteiger charge is -2.04. The highest BCUT2D eigenvalue weighted by Crippen LogP contribution is 2.27. The molecule has 5 nitrogen and oxygen atoms in total. The number of oxazole rings is 1. The molecule has 0 aliphatic carbocycles. The van der Waals surface area contributed by atoms with Crippen molar-refractivity contribution >= 4 is 28.8 Å². The molecule has 1 aromatic heterocycles. The Hall–Kier alpha value is -2.89. The molecular weight excluding hydrogens is 299 g/mol. The van der Waals surface area contributed by atoms with Crippen LogP contribution >= 0.6 is 0 Å². The van der Waals surface area contributed by atoms with Gasteiger partial charge in [-0.3, -0.25) is 4.79 Å². The zero-order chi connectivity index (χ0) is 16.4. The number of hydrogen-bond donors (Lipinski definition) is 1. The Balaban J connectivity index is 1.94. The number of hydrogen-bond acceptors (Lipinski definition) is 5. The molecule has 118 valence electrons. The molecule has 1 heterocycles. The summed E-state index contributed by atoms with van der Waals surface area (Å²) in [6.07, 6.45) is -0.153. The summed E-state index contributed by atoms with van der Waals surface area (Å²) in [5.41, 5.74) is 2.45. The lowest BCUT2D eigenvalue weighted by molar-refractivity contribution is -0.139. The summed E-state index contributed by atoms with van der Waals surface area (Å²) in [6.45, 7) is 1.94. The topological polar surface area (TPSA) is 64.4 Å². The van der Waals surface area contributed by atoms with Crippen LogP contribution in [0, 0.1) is 12.7 Å². The summed E-state index contributed by atoms with van der Waals surface area (Å²) in [7, 11) is 1.26. The van der Waals surface area contributed by atoms with Gasteiger partial charge in [0.25, 0.3) is 6.01 Å². The monoisotopic (exact) mass is 314 g/mol. The first kappa shape index (κ1) is 15.0. The second-order valence-electron chi connectivity index (χ2n) is 5.10. The first-order valence-electron chi connectivity index (χ1n) is 7.06. The Bertz CT molecular complexity index is 873. The van der Waals surface area contributed by atoms with E-state index in [0.717, 1.165) is 11.3 Å². The van der Waals surface area contributed by atoms with Crippen LogP contribution in [0.3, 0.4) is 0 Å². The Morgan fingerprint density at radius 2 is 2.09 bits per heavy atom.